The Morgan fingerprint density at radius 3 is 2.26 bits per heavy atom. The molecule has 1 rings (SSSR count). The van der Waals surface area contributed by atoms with Crippen molar-refractivity contribution in [3.8, 4) is 5.75 Å². The zero-order valence-electron chi connectivity index (χ0n) is 11.2. The summed E-state index contributed by atoms with van der Waals surface area (Å²) in [5.74, 6) is 0.638. The summed E-state index contributed by atoms with van der Waals surface area (Å²) in [6, 6.07) is 6.31. The summed E-state index contributed by atoms with van der Waals surface area (Å²) in [6.07, 6.45) is 1.03. The molecule has 0 amide bonds. The number of hydrogen-bond donors (Lipinski definition) is 2. The molecule has 0 heterocycles. The van der Waals surface area contributed by atoms with Crippen LogP contribution in [-0.2, 0) is 10.0 Å². The standard InChI is InChI=1S/C12H20N2O3S.ClH/c1-3-8-13-9-10-14-18(15,16)12-6-4-11(17-2)5-7-12;/h4-7,13-14H,3,8-10H2,1-2H3;1H. The third-order valence-corrected chi connectivity index (χ3v) is 3.87. The Bertz CT molecular complexity index is 449. The van der Waals surface area contributed by atoms with E-state index in [2.05, 4.69) is 17.0 Å². The maximum absolute atomic E-state index is 11.9. The molecule has 0 saturated carbocycles. The third-order valence-electron chi connectivity index (χ3n) is 2.39. The maximum atomic E-state index is 11.9. The predicted molar refractivity (Wildman–Crippen MR) is 78.6 cm³/mol. The van der Waals surface area contributed by atoms with Crippen LogP contribution >= 0.6 is 12.4 Å². The van der Waals surface area contributed by atoms with Crippen molar-refractivity contribution in [1.82, 2.24) is 10.0 Å². The van der Waals surface area contributed by atoms with Crippen LogP contribution in [0.15, 0.2) is 29.2 Å². The number of rotatable bonds is 8. The molecule has 0 fully saturated rings. The van der Waals surface area contributed by atoms with Gasteiger partial charge in [0.05, 0.1) is 12.0 Å². The van der Waals surface area contributed by atoms with Gasteiger partial charge in [-0.15, -0.1) is 12.4 Å². The molecule has 0 atom stereocenters. The molecule has 0 spiro atoms. The van der Waals surface area contributed by atoms with Crippen molar-refractivity contribution >= 4 is 22.4 Å². The summed E-state index contributed by atoms with van der Waals surface area (Å²) >= 11 is 0. The van der Waals surface area contributed by atoms with E-state index in [9.17, 15) is 8.42 Å². The topological polar surface area (TPSA) is 67.4 Å². The number of ether oxygens (including phenoxy) is 1. The predicted octanol–water partition coefficient (Wildman–Crippen LogP) is 1.39. The van der Waals surface area contributed by atoms with Gasteiger partial charge in [0.25, 0.3) is 0 Å². The zero-order chi connectivity index (χ0) is 13.4. The Labute approximate surface area is 121 Å². The van der Waals surface area contributed by atoms with Crippen molar-refractivity contribution in [2.75, 3.05) is 26.7 Å². The number of nitrogens with one attached hydrogen (secondary N) is 2. The average Bonchev–Trinajstić information content (AvgIpc) is 2.38. The van der Waals surface area contributed by atoms with Gasteiger partial charge in [-0.05, 0) is 37.2 Å². The maximum Gasteiger partial charge on any atom is 0.240 e. The molecule has 0 aliphatic carbocycles. The molecular formula is C12H21ClN2O3S. The second kappa shape index (κ2) is 9.14. The summed E-state index contributed by atoms with van der Waals surface area (Å²) in [5, 5.41) is 3.13. The summed E-state index contributed by atoms with van der Waals surface area (Å²) in [5.41, 5.74) is 0. The number of methoxy groups -OCH3 is 1. The lowest BCUT2D eigenvalue weighted by molar-refractivity contribution is 0.414. The number of benzene rings is 1. The Balaban J connectivity index is 0.00000324. The minimum Gasteiger partial charge on any atom is -0.497 e. The van der Waals surface area contributed by atoms with Crippen molar-refractivity contribution in [2.24, 2.45) is 0 Å². The van der Waals surface area contributed by atoms with E-state index in [1.54, 1.807) is 19.2 Å². The van der Waals surface area contributed by atoms with E-state index in [-0.39, 0.29) is 17.3 Å². The van der Waals surface area contributed by atoms with Gasteiger partial charge in [0.15, 0.2) is 0 Å². The largest absolute Gasteiger partial charge is 0.497 e. The van der Waals surface area contributed by atoms with Gasteiger partial charge in [-0.1, -0.05) is 6.92 Å². The molecule has 0 aromatic heterocycles. The molecule has 1 aromatic rings. The first-order chi connectivity index (χ1) is 8.60. The van der Waals surface area contributed by atoms with Crippen LogP contribution in [0.25, 0.3) is 0 Å². The smallest absolute Gasteiger partial charge is 0.240 e. The van der Waals surface area contributed by atoms with Crippen LogP contribution in [0.2, 0.25) is 0 Å². The van der Waals surface area contributed by atoms with Crippen LogP contribution in [0, 0.1) is 0 Å². The van der Waals surface area contributed by atoms with E-state index < -0.39 is 10.0 Å². The minimum absolute atomic E-state index is 0. The summed E-state index contributed by atoms with van der Waals surface area (Å²) in [4.78, 5) is 0.249. The van der Waals surface area contributed by atoms with Gasteiger partial charge in [-0.3, -0.25) is 0 Å². The highest BCUT2D eigenvalue weighted by Gasteiger charge is 2.12. The van der Waals surface area contributed by atoms with Gasteiger partial charge in [0.1, 0.15) is 5.75 Å². The first-order valence-corrected chi connectivity index (χ1v) is 7.43. The molecule has 5 nitrogen and oxygen atoms in total. The molecule has 0 saturated heterocycles. The first-order valence-electron chi connectivity index (χ1n) is 5.94. The molecule has 110 valence electrons. The zero-order valence-corrected chi connectivity index (χ0v) is 12.8. The molecule has 0 aliphatic heterocycles. The fourth-order valence-corrected chi connectivity index (χ4v) is 2.45. The molecule has 2 N–H and O–H groups in total. The highest BCUT2D eigenvalue weighted by Crippen LogP contribution is 2.14. The van der Waals surface area contributed by atoms with Crippen LogP contribution < -0.4 is 14.8 Å². The van der Waals surface area contributed by atoms with E-state index in [1.807, 2.05) is 0 Å². The molecule has 0 aliphatic rings. The molecule has 19 heavy (non-hydrogen) atoms. The fraction of sp³-hybridized carbons (Fsp3) is 0.500. The van der Waals surface area contributed by atoms with Gasteiger partial charge in [0, 0.05) is 13.1 Å². The Kier molecular flexibility index (Phi) is 8.75. The van der Waals surface area contributed by atoms with Crippen molar-refractivity contribution in [2.45, 2.75) is 18.2 Å². The number of hydrogen-bond acceptors (Lipinski definition) is 4. The summed E-state index contributed by atoms with van der Waals surface area (Å²) in [7, 11) is -1.88. The first kappa shape index (κ1) is 18.2. The van der Waals surface area contributed by atoms with Crippen molar-refractivity contribution in [3.05, 3.63) is 24.3 Å². The van der Waals surface area contributed by atoms with Crippen molar-refractivity contribution in [3.63, 3.8) is 0 Å². The van der Waals surface area contributed by atoms with E-state index >= 15 is 0 Å². The van der Waals surface area contributed by atoms with Crippen LogP contribution in [0.3, 0.4) is 0 Å². The second-order valence-electron chi connectivity index (χ2n) is 3.82. The number of sulfonamides is 1. The van der Waals surface area contributed by atoms with Crippen LogP contribution in [0.4, 0.5) is 0 Å². The van der Waals surface area contributed by atoms with Gasteiger partial charge < -0.3 is 10.1 Å². The molecule has 0 bridgehead atoms. The lowest BCUT2D eigenvalue weighted by Gasteiger charge is -2.08. The van der Waals surface area contributed by atoms with E-state index in [1.165, 1.54) is 12.1 Å². The van der Waals surface area contributed by atoms with E-state index in [0.717, 1.165) is 13.0 Å². The molecule has 7 heteroatoms. The normalized spacial score (nSPS) is 10.8. The van der Waals surface area contributed by atoms with Gasteiger partial charge in [-0.25, -0.2) is 13.1 Å². The fourth-order valence-electron chi connectivity index (χ4n) is 1.41. The van der Waals surface area contributed by atoms with Gasteiger partial charge in [-0.2, -0.15) is 0 Å². The van der Waals surface area contributed by atoms with Crippen molar-refractivity contribution in [1.29, 1.82) is 0 Å². The lowest BCUT2D eigenvalue weighted by atomic mass is 10.3. The number of halogens is 1. The van der Waals surface area contributed by atoms with E-state index in [4.69, 9.17) is 4.74 Å². The van der Waals surface area contributed by atoms with Gasteiger partial charge >= 0.3 is 0 Å². The highest BCUT2D eigenvalue weighted by molar-refractivity contribution is 7.89. The van der Waals surface area contributed by atoms with Gasteiger partial charge in [0.2, 0.25) is 10.0 Å². The molecule has 0 unspecified atom stereocenters. The molecule has 1 aromatic carbocycles. The third kappa shape index (κ3) is 6.24. The Morgan fingerprint density at radius 1 is 1.11 bits per heavy atom. The highest BCUT2D eigenvalue weighted by atomic mass is 35.5. The summed E-state index contributed by atoms with van der Waals surface area (Å²) < 4.78 is 31.3. The molecular weight excluding hydrogens is 288 g/mol. The quantitative estimate of drug-likeness (QED) is 0.712. The summed E-state index contributed by atoms with van der Waals surface area (Å²) in [6.45, 7) is 3.97. The monoisotopic (exact) mass is 308 g/mol. The Hall–Kier alpha value is -0.820. The minimum atomic E-state index is -3.42. The lowest BCUT2D eigenvalue weighted by Crippen LogP contribution is -2.32. The SMILES string of the molecule is CCCNCCNS(=O)(=O)c1ccc(OC)cc1.Cl. The van der Waals surface area contributed by atoms with Crippen LogP contribution in [0.5, 0.6) is 5.75 Å². The molecule has 0 radical (unpaired) electrons. The van der Waals surface area contributed by atoms with E-state index in [0.29, 0.717) is 18.8 Å². The van der Waals surface area contributed by atoms with Crippen LogP contribution in [-0.4, -0.2) is 35.2 Å². The Morgan fingerprint density at radius 2 is 1.74 bits per heavy atom. The second-order valence-corrected chi connectivity index (χ2v) is 5.59. The average molecular weight is 309 g/mol. The van der Waals surface area contributed by atoms with Crippen molar-refractivity contribution < 1.29 is 13.2 Å². The van der Waals surface area contributed by atoms with Crippen LogP contribution in [0.1, 0.15) is 13.3 Å².